The third-order valence-electron chi connectivity index (χ3n) is 2.35. The molecule has 0 spiro atoms. The third kappa shape index (κ3) is 2.13. The van der Waals surface area contributed by atoms with Crippen molar-refractivity contribution in [1.82, 2.24) is 4.98 Å². The summed E-state index contributed by atoms with van der Waals surface area (Å²) in [6.07, 6.45) is 1.16. The topological polar surface area (TPSA) is 70.2 Å². The maximum absolute atomic E-state index is 13.4. The Kier molecular flexibility index (Phi) is 2.93. The molecule has 2 aromatic rings. The van der Waals surface area contributed by atoms with E-state index in [0.717, 1.165) is 24.4 Å². The number of benzene rings is 1. The number of carboxylic acids is 1. The van der Waals surface area contributed by atoms with Crippen molar-refractivity contribution in [2.24, 2.45) is 0 Å². The first kappa shape index (κ1) is 12.0. The summed E-state index contributed by atoms with van der Waals surface area (Å²) < 4.78 is 26.1. The van der Waals surface area contributed by atoms with Crippen molar-refractivity contribution in [2.75, 3.05) is 0 Å². The quantitative estimate of drug-likeness (QED) is 0.822. The molecule has 0 unspecified atom stereocenters. The number of nitrogens with one attached hydrogen (secondary N) is 1. The molecular formula is C12H7F2NO3. The van der Waals surface area contributed by atoms with E-state index in [0.29, 0.717) is 6.07 Å². The van der Waals surface area contributed by atoms with Gasteiger partial charge in [-0.05, 0) is 18.2 Å². The summed E-state index contributed by atoms with van der Waals surface area (Å²) in [6, 6.07) is 3.66. The summed E-state index contributed by atoms with van der Waals surface area (Å²) in [5, 5.41) is 8.68. The molecule has 2 N–H and O–H groups in total. The van der Waals surface area contributed by atoms with Gasteiger partial charge in [0.15, 0.2) is 5.78 Å². The number of carbonyl (C=O) groups excluding carboxylic acids is 1. The molecule has 6 heteroatoms. The van der Waals surface area contributed by atoms with Crippen LogP contribution in [0.4, 0.5) is 8.78 Å². The molecule has 0 bridgehead atoms. The average Bonchev–Trinajstić information content (AvgIpc) is 2.77. The fraction of sp³-hybridized carbons (Fsp3) is 0. The van der Waals surface area contributed by atoms with Gasteiger partial charge in [-0.3, -0.25) is 4.79 Å². The van der Waals surface area contributed by atoms with E-state index >= 15 is 0 Å². The second-order valence-electron chi connectivity index (χ2n) is 3.56. The van der Waals surface area contributed by atoms with Crippen LogP contribution in [-0.2, 0) is 0 Å². The molecule has 0 aliphatic rings. The van der Waals surface area contributed by atoms with Crippen molar-refractivity contribution in [2.45, 2.75) is 0 Å². The lowest BCUT2D eigenvalue weighted by Gasteiger charge is -2.00. The number of halogens is 2. The molecule has 92 valence electrons. The number of hydrogen-bond donors (Lipinski definition) is 2. The van der Waals surface area contributed by atoms with E-state index < -0.39 is 23.4 Å². The Morgan fingerprint density at radius 3 is 2.44 bits per heavy atom. The van der Waals surface area contributed by atoms with Crippen LogP contribution in [0, 0.1) is 11.6 Å². The Morgan fingerprint density at radius 1 is 1.17 bits per heavy atom. The molecule has 0 atom stereocenters. The van der Waals surface area contributed by atoms with Crippen LogP contribution < -0.4 is 0 Å². The molecule has 1 heterocycles. The summed E-state index contributed by atoms with van der Waals surface area (Å²) in [6.45, 7) is 0. The van der Waals surface area contributed by atoms with E-state index in [9.17, 15) is 18.4 Å². The van der Waals surface area contributed by atoms with Gasteiger partial charge in [-0.25, -0.2) is 13.6 Å². The van der Waals surface area contributed by atoms with Crippen LogP contribution in [-0.4, -0.2) is 21.8 Å². The summed E-state index contributed by atoms with van der Waals surface area (Å²) in [5.41, 5.74) is -0.494. The normalized spacial score (nSPS) is 10.3. The number of aromatic nitrogens is 1. The second-order valence-corrected chi connectivity index (χ2v) is 3.56. The van der Waals surface area contributed by atoms with E-state index in [1.165, 1.54) is 0 Å². The number of carbonyl (C=O) groups is 2. The maximum atomic E-state index is 13.4. The zero-order chi connectivity index (χ0) is 13.3. The van der Waals surface area contributed by atoms with Crippen molar-refractivity contribution in [3.8, 4) is 0 Å². The summed E-state index contributed by atoms with van der Waals surface area (Å²) in [4.78, 5) is 24.8. The van der Waals surface area contributed by atoms with E-state index in [2.05, 4.69) is 4.98 Å². The van der Waals surface area contributed by atoms with Gasteiger partial charge in [-0.15, -0.1) is 0 Å². The highest BCUT2D eigenvalue weighted by atomic mass is 19.1. The van der Waals surface area contributed by atoms with Gasteiger partial charge in [0.2, 0.25) is 0 Å². The van der Waals surface area contributed by atoms with Gasteiger partial charge in [0.1, 0.15) is 17.3 Å². The second kappa shape index (κ2) is 4.40. The zero-order valence-electron chi connectivity index (χ0n) is 8.91. The van der Waals surface area contributed by atoms with Gasteiger partial charge < -0.3 is 10.1 Å². The minimum atomic E-state index is -1.23. The highest BCUT2D eigenvalue weighted by Gasteiger charge is 2.17. The lowest BCUT2D eigenvalue weighted by atomic mass is 10.1. The smallest absolute Gasteiger partial charge is 0.352 e. The zero-order valence-corrected chi connectivity index (χ0v) is 8.91. The van der Waals surface area contributed by atoms with Gasteiger partial charge in [0.25, 0.3) is 0 Å². The fourth-order valence-electron chi connectivity index (χ4n) is 1.48. The van der Waals surface area contributed by atoms with Crippen LogP contribution in [0.2, 0.25) is 0 Å². The maximum Gasteiger partial charge on any atom is 0.352 e. The van der Waals surface area contributed by atoms with Crippen LogP contribution in [0.1, 0.15) is 26.4 Å². The number of ketones is 1. The summed E-state index contributed by atoms with van der Waals surface area (Å²) >= 11 is 0. The summed E-state index contributed by atoms with van der Waals surface area (Å²) in [5.74, 6) is -3.72. The molecule has 0 radical (unpaired) electrons. The minimum absolute atomic E-state index is 0.00194. The fourth-order valence-corrected chi connectivity index (χ4v) is 1.48. The highest BCUT2D eigenvalue weighted by Crippen LogP contribution is 2.15. The molecule has 0 aliphatic heterocycles. The third-order valence-corrected chi connectivity index (χ3v) is 2.35. The van der Waals surface area contributed by atoms with Crippen LogP contribution in [0.3, 0.4) is 0 Å². The number of aromatic amines is 1. The number of hydrogen-bond acceptors (Lipinski definition) is 2. The van der Waals surface area contributed by atoms with Crippen LogP contribution in [0.25, 0.3) is 0 Å². The van der Waals surface area contributed by atoms with Crippen molar-refractivity contribution in [3.05, 3.63) is 58.9 Å². The molecular weight excluding hydrogens is 244 g/mol. The Balaban J connectivity index is 2.38. The molecule has 0 saturated heterocycles. The molecule has 2 rings (SSSR count). The molecule has 0 aliphatic carbocycles. The van der Waals surface area contributed by atoms with E-state index in [-0.39, 0.29) is 16.8 Å². The van der Waals surface area contributed by atoms with Gasteiger partial charge in [0.05, 0.1) is 5.56 Å². The van der Waals surface area contributed by atoms with Crippen molar-refractivity contribution < 1.29 is 23.5 Å². The molecule has 1 aromatic carbocycles. The van der Waals surface area contributed by atoms with E-state index in [4.69, 9.17) is 5.11 Å². The Morgan fingerprint density at radius 2 is 1.89 bits per heavy atom. The van der Waals surface area contributed by atoms with Crippen molar-refractivity contribution >= 4 is 11.8 Å². The first-order valence-electron chi connectivity index (χ1n) is 4.90. The van der Waals surface area contributed by atoms with E-state index in [1.807, 2.05) is 0 Å². The molecule has 0 fully saturated rings. The average molecular weight is 251 g/mol. The number of rotatable bonds is 3. The predicted molar refractivity (Wildman–Crippen MR) is 57.5 cm³/mol. The molecule has 18 heavy (non-hydrogen) atoms. The lowest BCUT2D eigenvalue weighted by Crippen LogP contribution is -2.03. The van der Waals surface area contributed by atoms with Crippen LogP contribution >= 0.6 is 0 Å². The number of carboxylic acid groups (broad SMARTS) is 1. The first-order chi connectivity index (χ1) is 8.49. The lowest BCUT2D eigenvalue weighted by molar-refractivity contribution is 0.0691. The monoisotopic (exact) mass is 251 g/mol. The van der Waals surface area contributed by atoms with Gasteiger partial charge in [-0.1, -0.05) is 0 Å². The van der Waals surface area contributed by atoms with Crippen molar-refractivity contribution in [1.29, 1.82) is 0 Å². The predicted octanol–water partition coefficient (Wildman–Crippen LogP) is 2.22. The first-order valence-corrected chi connectivity index (χ1v) is 4.90. The largest absolute Gasteiger partial charge is 0.477 e. The van der Waals surface area contributed by atoms with Gasteiger partial charge in [0, 0.05) is 17.8 Å². The molecule has 0 amide bonds. The standard InChI is InChI=1S/C12H7F2NO3/c13-7-1-2-8(9(14)4-7)11(16)6-3-10(12(17)18)15-5-6/h1-5,15H,(H,17,18). The molecule has 0 saturated carbocycles. The molecule has 1 aromatic heterocycles. The Bertz CT molecular complexity index is 634. The van der Waals surface area contributed by atoms with E-state index in [1.54, 1.807) is 0 Å². The minimum Gasteiger partial charge on any atom is -0.477 e. The van der Waals surface area contributed by atoms with Crippen LogP contribution in [0.5, 0.6) is 0 Å². The number of aromatic carboxylic acids is 1. The highest BCUT2D eigenvalue weighted by molar-refractivity contribution is 6.10. The SMILES string of the molecule is O=C(O)c1cc(C(=O)c2ccc(F)cc2F)c[nH]1. The number of H-pyrrole nitrogens is 1. The Labute approximate surface area is 99.9 Å². The van der Waals surface area contributed by atoms with Crippen molar-refractivity contribution in [3.63, 3.8) is 0 Å². The van der Waals surface area contributed by atoms with Gasteiger partial charge >= 0.3 is 5.97 Å². The summed E-state index contributed by atoms with van der Waals surface area (Å²) in [7, 11) is 0. The van der Waals surface area contributed by atoms with Crippen LogP contribution in [0.15, 0.2) is 30.5 Å². The Hall–Kier alpha value is -2.50. The molecule has 4 nitrogen and oxygen atoms in total. The van der Waals surface area contributed by atoms with Gasteiger partial charge in [-0.2, -0.15) is 0 Å².